The van der Waals surface area contributed by atoms with Gasteiger partial charge in [-0.3, -0.25) is 0 Å². The molecule has 0 aliphatic heterocycles. The molecule has 1 aromatic rings. The average Bonchev–Trinajstić information content (AvgIpc) is 2.20. The van der Waals surface area contributed by atoms with Gasteiger partial charge in [-0.1, -0.05) is 0 Å². The summed E-state index contributed by atoms with van der Waals surface area (Å²) in [6, 6.07) is 2.39. The summed E-state index contributed by atoms with van der Waals surface area (Å²) < 4.78 is 39.2. The SMILES string of the molecule is COc1c(F)ccc(OCF)c1OC. The van der Waals surface area contributed by atoms with Crippen LogP contribution in [0.25, 0.3) is 0 Å². The molecule has 0 radical (unpaired) electrons. The second-order valence-electron chi connectivity index (χ2n) is 2.37. The van der Waals surface area contributed by atoms with E-state index in [1.165, 1.54) is 20.3 Å². The second kappa shape index (κ2) is 4.64. The Labute approximate surface area is 80.2 Å². The van der Waals surface area contributed by atoms with E-state index in [2.05, 4.69) is 4.74 Å². The smallest absolute Gasteiger partial charge is 0.228 e. The Bertz CT molecular complexity index is 315. The van der Waals surface area contributed by atoms with Gasteiger partial charge >= 0.3 is 0 Å². The van der Waals surface area contributed by atoms with Crippen LogP contribution < -0.4 is 14.2 Å². The average molecular weight is 204 g/mol. The molecule has 0 spiro atoms. The van der Waals surface area contributed by atoms with Gasteiger partial charge < -0.3 is 14.2 Å². The summed E-state index contributed by atoms with van der Waals surface area (Å²) in [5.74, 6) is -0.535. The third kappa shape index (κ3) is 1.86. The van der Waals surface area contributed by atoms with E-state index < -0.39 is 12.7 Å². The van der Waals surface area contributed by atoms with E-state index in [0.717, 1.165) is 6.07 Å². The fourth-order valence-corrected chi connectivity index (χ4v) is 1.08. The third-order valence-corrected chi connectivity index (χ3v) is 1.65. The van der Waals surface area contributed by atoms with Crippen LogP contribution in [0.2, 0.25) is 0 Å². The minimum atomic E-state index is -1.01. The summed E-state index contributed by atoms with van der Waals surface area (Å²) in [6.07, 6.45) is 0. The summed E-state index contributed by atoms with van der Waals surface area (Å²) in [5.41, 5.74) is 0. The van der Waals surface area contributed by atoms with Gasteiger partial charge in [-0.15, -0.1) is 0 Å². The van der Waals surface area contributed by atoms with Crippen LogP contribution in [-0.2, 0) is 0 Å². The molecule has 0 unspecified atom stereocenters. The molecule has 3 nitrogen and oxygen atoms in total. The van der Waals surface area contributed by atoms with Crippen LogP contribution in [0, 0.1) is 5.82 Å². The monoisotopic (exact) mass is 204 g/mol. The lowest BCUT2D eigenvalue weighted by Crippen LogP contribution is -1.98. The Hall–Kier alpha value is -1.52. The number of hydrogen-bond acceptors (Lipinski definition) is 3. The minimum Gasteiger partial charge on any atom is -0.490 e. The number of ether oxygens (including phenoxy) is 3. The molecule has 0 amide bonds. The first-order valence-corrected chi connectivity index (χ1v) is 3.83. The van der Waals surface area contributed by atoms with Crippen molar-refractivity contribution in [3.05, 3.63) is 17.9 Å². The van der Waals surface area contributed by atoms with Crippen LogP contribution in [-0.4, -0.2) is 21.1 Å². The summed E-state index contributed by atoms with van der Waals surface area (Å²) >= 11 is 0. The Morgan fingerprint density at radius 2 is 1.79 bits per heavy atom. The minimum absolute atomic E-state index is 0.0464. The van der Waals surface area contributed by atoms with E-state index >= 15 is 0 Å². The van der Waals surface area contributed by atoms with Crippen LogP contribution in [0.5, 0.6) is 17.2 Å². The molecule has 0 aromatic heterocycles. The van der Waals surface area contributed by atoms with Crippen molar-refractivity contribution < 1.29 is 23.0 Å². The predicted molar refractivity (Wildman–Crippen MR) is 46.1 cm³/mol. The Morgan fingerprint density at radius 3 is 2.29 bits per heavy atom. The van der Waals surface area contributed by atoms with Gasteiger partial charge in [0.05, 0.1) is 14.2 Å². The van der Waals surface area contributed by atoms with Crippen molar-refractivity contribution in [3.63, 3.8) is 0 Å². The van der Waals surface area contributed by atoms with Crippen LogP contribution in [0.15, 0.2) is 12.1 Å². The van der Waals surface area contributed by atoms with Crippen LogP contribution >= 0.6 is 0 Å². The molecule has 78 valence electrons. The molecule has 0 atom stereocenters. The molecule has 0 aliphatic carbocycles. The zero-order chi connectivity index (χ0) is 10.6. The van der Waals surface area contributed by atoms with Gasteiger partial charge in [-0.25, -0.2) is 8.78 Å². The number of rotatable bonds is 4. The molecule has 0 bridgehead atoms. The van der Waals surface area contributed by atoms with Crippen molar-refractivity contribution in [2.45, 2.75) is 0 Å². The Kier molecular flexibility index (Phi) is 3.50. The maximum Gasteiger partial charge on any atom is 0.228 e. The van der Waals surface area contributed by atoms with Gasteiger partial charge in [0.25, 0.3) is 0 Å². The standard InChI is InChI=1S/C9H10F2O3/c1-12-8-6(11)3-4-7(14-5-10)9(8)13-2/h3-4H,5H2,1-2H3. The molecular weight excluding hydrogens is 194 g/mol. The van der Waals surface area contributed by atoms with Crippen molar-refractivity contribution in [3.8, 4) is 17.2 Å². The topological polar surface area (TPSA) is 27.7 Å². The summed E-state index contributed by atoms with van der Waals surface area (Å²) in [5, 5.41) is 0. The van der Waals surface area contributed by atoms with Crippen molar-refractivity contribution >= 4 is 0 Å². The summed E-state index contributed by atoms with van der Waals surface area (Å²) in [7, 11) is 2.61. The number of halogens is 2. The van der Waals surface area contributed by atoms with Crippen molar-refractivity contribution in [2.75, 3.05) is 21.1 Å². The fraction of sp³-hybridized carbons (Fsp3) is 0.333. The van der Waals surface area contributed by atoms with E-state index in [1.54, 1.807) is 0 Å². The molecule has 0 N–H and O–H groups in total. The Morgan fingerprint density at radius 1 is 1.14 bits per heavy atom. The maximum atomic E-state index is 13.1. The highest BCUT2D eigenvalue weighted by Crippen LogP contribution is 2.38. The van der Waals surface area contributed by atoms with Crippen LogP contribution in [0.3, 0.4) is 0 Å². The van der Waals surface area contributed by atoms with Gasteiger partial charge in [0.1, 0.15) is 0 Å². The molecule has 1 aromatic carbocycles. The zero-order valence-electron chi connectivity index (χ0n) is 7.84. The van der Waals surface area contributed by atoms with E-state index in [9.17, 15) is 8.78 Å². The summed E-state index contributed by atoms with van der Waals surface area (Å²) in [6.45, 7) is -1.01. The van der Waals surface area contributed by atoms with E-state index in [-0.39, 0.29) is 17.2 Å². The zero-order valence-corrected chi connectivity index (χ0v) is 7.84. The molecule has 0 fully saturated rings. The second-order valence-corrected chi connectivity index (χ2v) is 2.37. The van der Waals surface area contributed by atoms with E-state index in [0.29, 0.717) is 0 Å². The molecule has 0 saturated carbocycles. The van der Waals surface area contributed by atoms with Gasteiger partial charge in [0, 0.05) is 0 Å². The first kappa shape index (κ1) is 10.6. The summed E-state index contributed by atoms with van der Waals surface area (Å²) in [4.78, 5) is 0. The molecule has 0 saturated heterocycles. The lowest BCUT2D eigenvalue weighted by molar-refractivity contribution is 0.182. The lowest BCUT2D eigenvalue weighted by atomic mass is 10.3. The van der Waals surface area contributed by atoms with E-state index in [4.69, 9.17) is 9.47 Å². The van der Waals surface area contributed by atoms with Crippen LogP contribution in [0.4, 0.5) is 8.78 Å². The Balaban J connectivity index is 3.18. The predicted octanol–water partition coefficient (Wildman–Crippen LogP) is 2.15. The highest BCUT2D eigenvalue weighted by atomic mass is 19.1. The van der Waals surface area contributed by atoms with Gasteiger partial charge in [0.15, 0.2) is 11.6 Å². The maximum absolute atomic E-state index is 13.1. The fourth-order valence-electron chi connectivity index (χ4n) is 1.08. The number of benzene rings is 1. The molecule has 0 heterocycles. The first-order chi connectivity index (χ1) is 6.74. The molecular formula is C9H10F2O3. The molecule has 14 heavy (non-hydrogen) atoms. The number of methoxy groups -OCH3 is 2. The van der Waals surface area contributed by atoms with Crippen molar-refractivity contribution in [2.24, 2.45) is 0 Å². The van der Waals surface area contributed by atoms with Crippen molar-refractivity contribution in [1.82, 2.24) is 0 Å². The number of hydrogen-bond donors (Lipinski definition) is 0. The normalized spacial score (nSPS) is 9.71. The third-order valence-electron chi connectivity index (χ3n) is 1.65. The lowest BCUT2D eigenvalue weighted by Gasteiger charge is -2.12. The van der Waals surface area contributed by atoms with Gasteiger partial charge in [-0.2, -0.15) is 0 Å². The largest absolute Gasteiger partial charge is 0.490 e. The van der Waals surface area contributed by atoms with Gasteiger partial charge in [-0.05, 0) is 12.1 Å². The molecule has 0 aliphatic rings. The molecule has 1 rings (SSSR count). The van der Waals surface area contributed by atoms with Crippen LogP contribution in [0.1, 0.15) is 0 Å². The van der Waals surface area contributed by atoms with Crippen molar-refractivity contribution in [1.29, 1.82) is 0 Å². The number of alkyl halides is 1. The quantitative estimate of drug-likeness (QED) is 0.752. The highest BCUT2D eigenvalue weighted by Gasteiger charge is 2.15. The molecule has 5 heteroatoms. The van der Waals surface area contributed by atoms with E-state index in [1.807, 2.05) is 0 Å². The van der Waals surface area contributed by atoms with Gasteiger partial charge in [0.2, 0.25) is 18.4 Å². The highest BCUT2D eigenvalue weighted by molar-refractivity contribution is 5.51. The first-order valence-electron chi connectivity index (χ1n) is 3.83.